The Labute approximate surface area is 168 Å². The van der Waals surface area contributed by atoms with Crippen LogP contribution in [0, 0.1) is 0 Å². The van der Waals surface area contributed by atoms with E-state index in [9.17, 15) is 9.59 Å². The maximum Gasteiger partial charge on any atom is 0.244 e. The van der Waals surface area contributed by atoms with Crippen LogP contribution in [-0.2, 0) is 9.59 Å². The van der Waals surface area contributed by atoms with Crippen LogP contribution in [0.3, 0.4) is 0 Å². The minimum Gasteiger partial charge on any atom is -0.325 e. The predicted molar refractivity (Wildman–Crippen MR) is 113 cm³/mol. The molecule has 1 heterocycles. The molecule has 3 rings (SSSR count). The molecule has 1 aliphatic heterocycles. The van der Waals surface area contributed by atoms with E-state index in [0.29, 0.717) is 12.2 Å². The average molecular weight is 387 g/mol. The molecule has 1 aromatic carbocycles. The zero-order chi connectivity index (χ0) is 19.8. The number of carbonyl (C=O) groups is 2. The van der Waals surface area contributed by atoms with Crippen molar-refractivity contribution in [3.63, 3.8) is 0 Å². The summed E-state index contributed by atoms with van der Waals surface area (Å²) in [4.78, 5) is 27.1. The summed E-state index contributed by atoms with van der Waals surface area (Å²) in [5.41, 5.74) is 6.99. The largest absolute Gasteiger partial charge is 0.325 e. The van der Waals surface area contributed by atoms with Gasteiger partial charge in [-0.1, -0.05) is 38.5 Å². The molecule has 1 saturated carbocycles. The molecule has 0 atom stereocenters. The smallest absolute Gasteiger partial charge is 0.244 e. The zero-order valence-electron chi connectivity index (χ0n) is 16.8. The maximum atomic E-state index is 12.5. The van der Waals surface area contributed by atoms with Crippen molar-refractivity contribution in [2.75, 3.05) is 30.3 Å². The molecule has 28 heavy (non-hydrogen) atoms. The van der Waals surface area contributed by atoms with Gasteiger partial charge in [0.1, 0.15) is 0 Å². The summed E-state index contributed by atoms with van der Waals surface area (Å²) in [5.74, 6) is -0.0958. The van der Waals surface area contributed by atoms with Crippen LogP contribution in [0.5, 0.6) is 0 Å². The van der Waals surface area contributed by atoms with E-state index in [2.05, 4.69) is 15.5 Å². The fourth-order valence-corrected chi connectivity index (χ4v) is 4.18. The molecule has 2 aliphatic rings. The summed E-state index contributed by atoms with van der Waals surface area (Å²) >= 11 is 0. The van der Waals surface area contributed by atoms with E-state index in [0.717, 1.165) is 50.9 Å². The fraction of sp³-hybridized carbons (Fsp3) is 0.636. The normalized spacial score (nSPS) is 20.6. The molecule has 0 radical (unpaired) electrons. The Morgan fingerprint density at radius 2 is 1.32 bits per heavy atom. The lowest BCUT2D eigenvalue weighted by Gasteiger charge is -2.31. The van der Waals surface area contributed by atoms with Gasteiger partial charge in [0, 0.05) is 11.4 Å². The minimum absolute atomic E-state index is 0.0143. The highest BCUT2D eigenvalue weighted by Gasteiger charge is 2.35. The van der Waals surface area contributed by atoms with E-state index in [-0.39, 0.29) is 11.8 Å². The van der Waals surface area contributed by atoms with Gasteiger partial charge in [0.05, 0.1) is 12.1 Å². The van der Waals surface area contributed by atoms with Gasteiger partial charge in [0.15, 0.2) is 0 Å². The van der Waals surface area contributed by atoms with Gasteiger partial charge in [-0.3, -0.25) is 14.5 Å². The van der Waals surface area contributed by atoms with Crippen LogP contribution in [-0.4, -0.2) is 41.9 Å². The van der Waals surface area contributed by atoms with Crippen molar-refractivity contribution in [1.82, 2.24) is 4.90 Å². The second kappa shape index (κ2) is 10.0. The standard InChI is InChI=1S/C22H34N4O2/c23-22(13-5-4-6-14-22)21(28)25-19-11-9-18(10-12-19)24-20(27)17-26-15-7-2-1-3-8-16-26/h9-12H,1-8,13-17,23H2,(H,24,27)(H,25,28). The number of benzene rings is 1. The number of nitrogens with one attached hydrogen (secondary N) is 2. The molecule has 6 heteroatoms. The Kier molecular flexibility index (Phi) is 7.45. The first kappa shape index (κ1) is 20.8. The van der Waals surface area contributed by atoms with E-state index in [1.807, 2.05) is 24.3 Å². The van der Waals surface area contributed by atoms with Crippen molar-refractivity contribution >= 4 is 23.2 Å². The number of nitrogens with zero attached hydrogens (tertiary/aromatic N) is 1. The molecular weight excluding hydrogens is 352 g/mol. The van der Waals surface area contributed by atoms with Crippen molar-refractivity contribution in [2.24, 2.45) is 5.73 Å². The van der Waals surface area contributed by atoms with Crippen LogP contribution in [0.1, 0.15) is 64.2 Å². The summed E-state index contributed by atoms with van der Waals surface area (Å²) < 4.78 is 0. The van der Waals surface area contributed by atoms with Gasteiger partial charge in [-0.15, -0.1) is 0 Å². The number of anilines is 2. The molecule has 2 amide bonds. The third kappa shape index (κ3) is 6.04. The first-order valence-corrected chi connectivity index (χ1v) is 10.8. The van der Waals surface area contributed by atoms with Crippen LogP contribution < -0.4 is 16.4 Å². The lowest BCUT2D eigenvalue weighted by atomic mass is 9.82. The van der Waals surface area contributed by atoms with Crippen molar-refractivity contribution in [3.8, 4) is 0 Å². The van der Waals surface area contributed by atoms with Gasteiger partial charge in [-0.2, -0.15) is 0 Å². The van der Waals surface area contributed by atoms with Gasteiger partial charge in [0.2, 0.25) is 11.8 Å². The third-order valence-corrected chi connectivity index (χ3v) is 5.94. The highest BCUT2D eigenvalue weighted by molar-refractivity contribution is 5.98. The highest BCUT2D eigenvalue weighted by atomic mass is 16.2. The highest BCUT2D eigenvalue weighted by Crippen LogP contribution is 2.27. The summed E-state index contributed by atoms with van der Waals surface area (Å²) in [5, 5.41) is 5.88. The molecule has 1 saturated heterocycles. The number of carbonyl (C=O) groups excluding carboxylic acids is 2. The molecule has 154 valence electrons. The van der Waals surface area contributed by atoms with Gasteiger partial charge in [-0.25, -0.2) is 0 Å². The predicted octanol–water partition coefficient (Wildman–Crippen LogP) is 3.49. The van der Waals surface area contributed by atoms with Crippen LogP contribution in [0.4, 0.5) is 11.4 Å². The van der Waals surface area contributed by atoms with Crippen LogP contribution in [0.15, 0.2) is 24.3 Å². The fourth-order valence-electron chi connectivity index (χ4n) is 4.18. The van der Waals surface area contributed by atoms with E-state index < -0.39 is 5.54 Å². The Morgan fingerprint density at radius 3 is 1.93 bits per heavy atom. The van der Waals surface area contributed by atoms with Crippen molar-refractivity contribution in [2.45, 2.75) is 69.7 Å². The number of hydrogen-bond acceptors (Lipinski definition) is 4. The Bertz CT molecular complexity index is 645. The van der Waals surface area contributed by atoms with E-state index in [1.54, 1.807) is 0 Å². The van der Waals surface area contributed by atoms with Crippen LogP contribution in [0.25, 0.3) is 0 Å². The molecule has 2 fully saturated rings. The molecule has 0 bridgehead atoms. The van der Waals surface area contributed by atoms with Gasteiger partial charge in [-0.05, 0) is 63.0 Å². The quantitative estimate of drug-likeness (QED) is 0.723. The third-order valence-electron chi connectivity index (χ3n) is 5.94. The minimum atomic E-state index is -0.753. The van der Waals surface area contributed by atoms with E-state index >= 15 is 0 Å². The number of amides is 2. The Balaban J connectivity index is 1.48. The SMILES string of the molecule is NC1(C(=O)Nc2ccc(NC(=O)CN3CCCCCCC3)cc2)CCCCC1. The van der Waals surface area contributed by atoms with Crippen LogP contribution in [0.2, 0.25) is 0 Å². The van der Waals surface area contributed by atoms with Crippen molar-refractivity contribution in [1.29, 1.82) is 0 Å². The Hall–Kier alpha value is -1.92. The molecular formula is C22H34N4O2. The summed E-state index contributed by atoms with van der Waals surface area (Å²) in [7, 11) is 0. The van der Waals surface area contributed by atoms with Gasteiger partial charge < -0.3 is 16.4 Å². The van der Waals surface area contributed by atoms with Gasteiger partial charge in [0.25, 0.3) is 0 Å². The van der Waals surface area contributed by atoms with Crippen molar-refractivity contribution in [3.05, 3.63) is 24.3 Å². The zero-order valence-corrected chi connectivity index (χ0v) is 16.8. The monoisotopic (exact) mass is 386 g/mol. The summed E-state index contributed by atoms with van der Waals surface area (Å²) in [6, 6.07) is 7.28. The molecule has 4 N–H and O–H groups in total. The lowest BCUT2D eigenvalue weighted by molar-refractivity contribution is -0.122. The number of hydrogen-bond donors (Lipinski definition) is 3. The van der Waals surface area contributed by atoms with Gasteiger partial charge >= 0.3 is 0 Å². The lowest BCUT2D eigenvalue weighted by Crippen LogP contribution is -2.52. The average Bonchev–Trinajstić information content (AvgIpc) is 2.66. The Morgan fingerprint density at radius 1 is 0.821 bits per heavy atom. The molecule has 0 spiro atoms. The molecule has 0 aromatic heterocycles. The number of rotatable bonds is 5. The maximum absolute atomic E-state index is 12.5. The molecule has 1 aromatic rings. The topological polar surface area (TPSA) is 87.5 Å². The second-order valence-corrected chi connectivity index (χ2v) is 8.34. The van der Waals surface area contributed by atoms with Crippen molar-refractivity contribution < 1.29 is 9.59 Å². The van der Waals surface area contributed by atoms with E-state index in [4.69, 9.17) is 5.73 Å². The number of nitrogens with two attached hydrogens (primary N) is 1. The number of likely N-dealkylation sites (tertiary alicyclic amines) is 1. The molecule has 0 unspecified atom stereocenters. The first-order valence-electron chi connectivity index (χ1n) is 10.8. The summed E-state index contributed by atoms with van der Waals surface area (Å²) in [6.45, 7) is 2.44. The first-order chi connectivity index (χ1) is 13.5. The second-order valence-electron chi connectivity index (χ2n) is 8.34. The van der Waals surface area contributed by atoms with Crippen LogP contribution >= 0.6 is 0 Å². The van der Waals surface area contributed by atoms with E-state index in [1.165, 1.54) is 32.1 Å². The molecule has 6 nitrogen and oxygen atoms in total. The summed E-state index contributed by atoms with van der Waals surface area (Å²) in [6.07, 6.45) is 10.8. The molecule has 1 aliphatic carbocycles.